The Balaban J connectivity index is 1.14. The van der Waals surface area contributed by atoms with E-state index in [2.05, 4.69) is 26.0 Å². The van der Waals surface area contributed by atoms with Crippen LogP contribution in [0.4, 0.5) is 0 Å². The van der Waals surface area contributed by atoms with Crippen molar-refractivity contribution in [3.05, 3.63) is 35.5 Å². The van der Waals surface area contributed by atoms with Gasteiger partial charge in [-0.2, -0.15) is 0 Å². The molecule has 1 saturated carbocycles. The Kier molecular flexibility index (Phi) is 4.20. The van der Waals surface area contributed by atoms with Gasteiger partial charge in [0.2, 0.25) is 0 Å². The molecular formula is C28H36O6. The maximum absolute atomic E-state index is 13.2. The van der Waals surface area contributed by atoms with E-state index >= 15 is 0 Å². The van der Waals surface area contributed by atoms with E-state index < -0.39 is 22.9 Å². The summed E-state index contributed by atoms with van der Waals surface area (Å²) in [6, 6.07) is 0. The zero-order valence-corrected chi connectivity index (χ0v) is 20.5. The van der Waals surface area contributed by atoms with Crippen molar-refractivity contribution in [2.75, 3.05) is 0 Å². The third-order valence-corrected chi connectivity index (χ3v) is 11.3. The van der Waals surface area contributed by atoms with Crippen molar-refractivity contribution >= 4 is 5.78 Å². The highest BCUT2D eigenvalue weighted by molar-refractivity contribution is 5.97. The number of hydrogen-bond donors (Lipinski definition) is 2. The Labute approximate surface area is 201 Å². The minimum absolute atomic E-state index is 0.0462. The van der Waals surface area contributed by atoms with E-state index in [1.54, 1.807) is 6.08 Å². The highest BCUT2D eigenvalue weighted by Crippen LogP contribution is 2.66. The fourth-order valence-corrected chi connectivity index (χ4v) is 8.56. The van der Waals surface area contributed by atoms with Crippen LogP contribution in [0.2, 0.25) is 0 Å². The molecule has 12 unspecified atom stereocenters. The monoisotopic (exact) mass is 468 g/mol. The first kappa shape index (κ1) is 21.9. The van der Waals surface area contributed by atoms with Crippen molar-refractivity contribution < 1.29 is 29.2 Å². The van der Waals surface area contributed by atoms with Crippen molar-refractivity contribution in [1.82, 2.24) is 0 Å². The summed E-state index contributed by atoms with van der Waals surface area (Å²) >= 11 is 0. The Morgan fingerprint density at radius 1 is 1.15 bits per heavy atom. The molecule has 7 aliphatic rings. The molecule has 0 aromatic rings. The summed E-state index contributed by atoms with van der Waals surface area (Å²) in [5.41, 5.74) is 0.0438. The highest BCUT2D eigenvalue weighted by Gasteiger charge is 2.76. The number of aliphatic hydroxyl groups excluding tert-OH is 1. The van der Waals surface area contributed by atoms with Crippen molar-refractivity contribution in [2.45, 2.75) is 101 Å². The number of carbonyl (C=O) groups is 1. The van der Waals surface area contributed by atoms with Crippen molar-refractivity contribution in [1.29, 1.82) is 0 Å². The molecule has 3 aliphatic heterocycles. The lowest BCUT2D eigenvalue weighted by atomic mass is 9.46. The van der Waals surface area contributed by atoms with Gasteiger partial charge in [-0.3, -0.25) is 4.79 Å². The number of hydrogen-bond acceptors (Lipinski definition) is 6. The van der Waals surface area contributed by atoms with E-state index in [0.29, 0.717) is 12.3 Å². The molecule has 0 bridgehead atoms. The molecule has 0 radical (unpaired) electrons. The number of ether oxygens (including phenoxy) is 3. The van der Waals surface area contributed by atoms with Gasteiger partial charge in [0.25, 0.3) is 0 Å². The molecule has 0 spiro atoms. The predicted molar refractivity (Wildman–Crippen MR) is 124 cm³/mol. The Morgan fingerprint density at radius 2 is 1.94 bits per heavy atom. The van der Waals surface area contributed by atoms with Gasteiger partial charge in [-0.15, -0.1) is 0 Å². The van der Waals surface area contributed by atoms with Gasteiger partial charge in [-0.1, -0.05) is 36.3 Å². The first-order valence-corrected chi connectivity index (χ1v) is 13.0. The normalized spacial score (nSPS) is 57.7. The molecule has 12 atom stereocenters. The number of ketones is 1. The van der Waals surface area contributed by atoms with E-state index in [1.165, 1.54) is 11.1 Å². The van der Waals surface area contributed by atoms with Gasteiger partial charge in [-0.25, -0.2) is 0 Å². The molecular weight excluding hydrogens is 432 g/mol. The molecule has 184 valence electrons. The van der Waals surface area contributed by atoms with Crippen LogP contribution in [0.1, 0.15) is 59.8 Å². The largest absolute Gasteiger partial charge is 0.386 e. The van der Waals surface area contributed by atoms with Crippen LogP contribution < -0.4 is 0 Å². The molecule has 6 heteroatoms. The summed E-state index contributed by atoms with van der Waals surface area (Å²) in [6.45, 7) is 8.20. The summed E-state index contributed by atoms with van der Waals surface area (Å²) in [5.74, 6) is 0.977. The SMILES string of the molecule is CC(C1=CCC2C(=CCC3C2C2OC2C2(O)CC=CC(=O)C32C)C1)C1CC2(C)OC2(C)C(O)O1. The van der Waals surface area contributed by atoms with Crippen LogP contribution in [0.3, 0.4) is 0 Å². The number of allylic oxidation sites excluding steroid dienone is 4. The lowest BCUT2D eigenvalue weighted by Gasteiger charge is -2.57. The van der Waals surface area contributed by atoms with E-state index in [1.807, 2.05) is 19.9 Å². The van der Waals surface area contributed by atoms with Crippen LogP contribution in [-0.2, 0) is 19.0 Å². The number of aliphatic hydroxyl groups is 2. The molecule has 3 heterocycles. The van der Waals surface area contributed by atoms with Crippen LogP contribution in [0.15, 0.2) is 35.5 Å². The molecule has 6 nitrogen and oxygen atoms in total. The number of rotatable bonds is 2. The standard InChI is InChI=1S/C28H36O6/c1-14(19-13-25(2)27(4,34-25)24(30)32-19)15-7-9-17-16(12-15)8-10-18-21(17)22-23(33-22)28(31)11-5-6-20(29)26(18,28)3/h5-8,14,17-19,21-24,30-31H,9-13H2,1-4H3. The van der Waals surface area contributed by atoms with Crippen LogP contribution >= 0.6 is 0 Å². The summed E-state index contributed by atoms with van der Waals surface area (Å²) < 4.78 is 18.1. The van der Waals surface area contributed by atoms with Crippen LogP contribution in [-0.4, -0.2) is 57.4 Å². The predicted octanol–water partition coefficient (Wildman–Crippen LogP) is 3.22. The topological polar surface area (TPSA) is 91.8 Å². The van der Waals surface area contributed by atoms with Crippen molar-refractivity contribution in [3.8, 4) is 0 Å². The molecule has 7 rings (SSSR count). The Hall–Kier alpha value is -1.31. The molecule has 2 N–H and O–H groups in total. The first-order valence-electron chi connectivity index (χ1n) is 13.0. The number of carbonyl (C=O) groups excluding carboxylic acids is 1. The zero-order chi connectivity index (χ0) is 23.8. The molecule has 4 aliphatic carbocycles. The maximum atomic E-state index is 13.2. The van der Waals surface area contributed by atoms with Gasteiger partial charge < -0.3 is 24.4 Å². The van der Waals surface area contributed by atoms with E-state index in [9.17, 15) is 15.0 Å². The second-order valence-corrected chi connectivity index (χ2v) is 12.6. The van der Waals surface area contributed by atoms with Gasteiger partial charge in [0, 0.05) is 12.3 Å². The third-order valence-electron chi connectivity index (χ3n) is 11.3. The van der Waals surface area contributed by atoms with E-state index in [0.717, 1.165) is 25.7 Å². The molecule has 34 heavy (non-hydrogen) atoms. The fourth-order valence-electron chi connectivity index (χ4n) is 8.56. The second kappa shape index (κ2) is 6.51. The highest BCUT2D eigenvalue weighted by atomic mass is 16.7. The summed E-state index contributed by atoms with van der Waals surface area (Å²) in [4.78, 5) is 13.2. The Bertz CT molecular complexity index is 1060. The van der Waals surface area contributed by atoms with Gasteiger partial charge in [0.15, 0.2) is 12.1 Å². The average molecular weight is 469 g/mol. The minimum atomic E-state index is -1.09. The zero-order valence-electron chi connectivity index (χ0n) is 20.5. The van der Waals surface area contributed by atoms with Gasteiger partial charge in [-0.05, 0) is 70.3 Å². The molecule has 3 saturated heterocycles. The molecule has 0 aromatic heterocycles. The summed E-state index contributed by atoms with van der Waals surface area (Å²) in [7, 11) is 0. The summed E-state index contributed by atoms with van der Waals surface area (Å²) in [6.07, 6.45) is 11.0. The van der Waals surface area contributed by atoms with Gasteiger partial charge >= 0.3 is 0 Å². The maximum Gasteiger partial charge on any atom is 0.186 e. The molecule has 0 aromatic carbocycles. The van der Waals surface area contributed by atoms with Gasteiger partial charge in [0.1, 0.15) is 22.9 Å². The van der Waals surface area contributed by atoms with Crippen molar-refractivity contribution in [2.24, 2.45) is 29.1 Å². The average Bonchev–Trinajstić information content (AvgIpc) is 3.70. The van der Waals surface area contributed by atoms with E-state index in [4.69, 9.17) is 14.2 Å². The Morgan fingerprint density at radius 3 is 2.71 bits per heavy atom. The smallest absolute Gasteiger partial charge is 0.186 e. The minimum Gasteiger partial charge on any atom is -0.386 e. The number of epoxide rings is 2. The number of fused-ring (bicyclic) bond motifs is 9. The molecule has 4 fully saturated rings. The lowest BCUT2D eigenvalue weighted by molar-refractivity contribution is -0.191. The summed E-state index contributed by atoms with van der Waals surface area (Å²) in [5, 5.41) is 22.2. The first-order chi connectivity index (χ1) is 16.0. The quantitative estimate of drug-likeness (QED) is 0.478. The van der Waals surface area contributed by atoms with Crippen LogP contribution in [0.5, 0.6) is 0 Å². The lowest BCUT2D eigenvalue weighted by Crippen LogP contribution is -2.66. The second-order valence-electron chi connectivity index (χ2n) is 12.6. The van der Waals surface area contributed by atoms with Crippen LogP contribution in [0, 0.1) is 29.1 Å². The van der Waals surface area contributed by atoms with E-state index in [-0.39, 0.29) is 47.4 Å². The van der Waals surface area contributed by atoms with Crippen molar-refractivity contribution in [3.63, 3.8) is 0 Å². The van der Waals surface area contributed by atoms with Gasteiger partial charge in [0.05, 0.1) is 17.6 Å². The third kappa shape index (κ3) is 2.47. The molecule has 0 amide bonds. The fraction of sp³-hybridized carbons (Fsp3) is 0.750. The van der Waals surface area contributed by atoms with Crippen LogP contribution in [0.25, 0.3) is 0 Å².